The van der Waals surface area contributed by atoms with Gasteiger partial charge in [-0.1, -0.05) is 13.8 Å². The Morgan fingerprint density at radius 1 is 1.53 bits per heavy atom. The van der Waals surface area contributed by atoms with Crippen molar-refractivity contribution in [2.75, 3.05) is 19.7 Å². The lowest BCUT2D eigenvalue weighted by molar-refractivity contribution is -0.0224. The molecule has 1 amide bonds. The number of nitrogens with zero attached hydrogens (tertiary/aromatic N) is 1. The van der Waals surface area contributed by atoms with Gasteiger partial charge in [0.25, 0.3) is 5.91 Å². The van der Waals surface area contributed by atoms with Crippen LogP contribution in [0.1, 0.15) is 34.8 Å². The Hall–Kier alpha value is -0.870. The molecule has 1 fully saturated rings. The van der Waals surface area contributed by atoms with Crippen LogP contribution in [0.2, 0.25) is 0 Å². The monoisotopic (exact) mass is 253 g/mol. The molecule has 94 valence electrons. The van der Waals surface area contributed by atoms with Crippen LogP contribution >= 0.6 is 11.3 Å². The predicted molar refractivity (Wildman–Crippen MR) is 69.6 cm³/mol. The van der Waals surface area contributed by atoms with E-state index in [1.165, 1.54) is 4.88 Å². The van der Waals surface area contributed by atoms with Crippen LogP contribution in [-0.4, -0.2) is 36.6 Å². The van der Waals surface area contributed by atoms with E-state index in [-0.39, 0.29) is 12.0 Å². The van der Waals surface area contributed by atoms with E-state index in [9.17, 15) is 4.79 Å². The summed E-state index contributed by atoms with van der Waals surface area (Å²) < 4.78 is 5.58. The Labute approximate surface area is 106 Å². The van der Waals surface area contributed by atoms with E-state index >= 15 is 0 Å². The molecule has 0 saturated carbocycles. The van der Waals surface area contributed by atoms with Gasteiger partial charge in [0.1, 0.15) is 0 Å². The summed E-state index contributed by atoms with van der Waals surface area (Å²) in [7, 11) is 0. The third-order valence-corrected chi connectivity index (χ3v) is 4.32. The summed E-state index contributed by atoms with van der Waals surface area (Å²) in [6.45, 7) is 6.32. The molecule has 0 radical (unpaired) electrons. The lowest BCUT2D eigenvalue weighted by Gasteiger charge is -2.32. The molecule has 2 rings (SSSR count). The first-order chi connectivity index (χ1) is 8.24. The molecule has 1 saturated heterocycles. The van der Waals surface area contributed by atoms with E-state index in [1.54, 1.807) is 11.3 Å². The summed E-state index contributed by atoms with van der Waals surface area (Å²) >= 11 is 1.61. The average molecular weight is 253 g/mol. The number of amides is 1. The van der Waals surface area contributed by atoms with Gasteiger partial charge in [-0.3, -0.25) is 4.79 Å². The molecule has 0 aliphatic carbocycles. The van der Waals surface area contributed by atoms with E-state index in [0.29, 0.717) is 13.2 Å². The molecular formula is C13H19NO2S. The number of carbonyl (C=O) groups is 1. The molecule has 1 aliphatic rings. The van der Waals surface area contributed by atoms with Gasteiger partial charge in [0.15, 0.2) is 0 Å². The Bertz CT molecular complexity index is 389. The molecule has 0 N–H and O–H groups in total. The SMILES string of the molecule is CCc1ccc(C(=O)N2CCO[C@H](CC)C2)s1. The normalized spacial score (nSPS) is 20.6. The Balaban J connectivity index is 2.03. The number of morpholine rings is 1. The van der Waals surface area contributed by atoms with Crippen molar-refractivity contribution in [2.24, 2.45) is 0 Å². The van der Waals surface area contributed by atoms with Crippen molar-refractivity contribution in [3.05, 3.63) is 21.9 Å². The molecular weight excluding hydrogens is 234 g/mol. The molecule has 17 heavy (non-hydrogen) atoms. The van der Waals surface area contributed by atoms with Gasteiger partial charge in [-0.15, -0.1) is 11.3 Å². The average Bonchev–Trinajstić information content (AvgIpc) is 2.86. The fraction of sp³-hybridized carbons (Fsp3) is 0.615. The standard InChI is InChI=1S/C13H19NO2S/c1-3-10-9-14(7-8-16-10)13(15)12-6-5-11(4-2)17-12/h5-6,10H,3-4,7-9H2,1-2H3/t10-/m1/s1. The lowest BCUT2D eigenvalue weighted by atomic mass is 10.2. The smallest absolute Gasteiger partial charge is 0.264 e. The first-order valence-electron chi connectivity index (χ1n) is 6.24. The Morgan fingerprint density at radius 2 is 2.35 bits per heavy atom. The third kappa shape index (κ3) is 2.87. The van der Waals surface area contributed by atoms with Gasteiger partial charge >= 0.3 is 0 Å². The van der Waals surface area contributed by atoms with Crippen molar-refractivity contribution < 1.29 is 9.53 Å². The largest absolute Gasteiger partial charge is 0.375 e. The highest BCUT2D eigenvalue weighted by molar-refractivity contribution is 7.14. The van der Waals surface area contributed by atoms with Crippen molar-refractivity contribution in [1.82, 2.24) is 4.90 Å². The zero-order chi connectivity index (χ0) is 12.3. The molecule has 0 aromatic carbocycles. The summed E-state index contributed by atoms with van der Waals surface area (Å²) in [6, 6.07) is 4.00. The number of hydrogen-bond acceptors (Lipinski definition) is 3. The molecule has 0 bridgehead atoms. The van der Waals surface area contributed by atoms with Crippen LogP contribution in [0.4, 0.5) is 0 Å². The summed E-state index contributed by atoms with van der Waals surface area (Å²) in [5.74, 6) is 0.163. The highest BCUT2D eigenvalue weighted by atomic mass is 32.1. The number of hydrogen-bond donors (Lipinski definition) is 0. The molecule has 1 aromatic rings. The van der Waals surface area contributed by atoms with E-state index in [4.69, 9.17) is 4.74 Å². The minimum absolute atomic E-state index is 0.163. The molecule has 1 aromatic heterocycles. The molecule has 4 heteroatoms. The molecule has 0 unspecified atom stereocenters. The van der Waals surface area contributed by atoms with E-state index < -0.39 is 0 Å². The van der Waals surface area contributed by atoms with Crippen LogP contribution in [-0.2, 0) is 11.2 Å². The maximum absolute atomic E-state index is 12.3. The number of aryl methyl sites for hydroxylation is 1. The van der Waals surface area contributed by atoms with Crippen molar-refractivity contribution in [3.8, 4) is 0 Å². The van der Waals surface area contributed by atoms with Crippen LogP contribution in [0.25, 0.3) is 0 Å². The fourth-order valence-corrected chi connectivity index (χ4v) is 2.90. The number of rotatable bonds is 3. The van der Waals surface area contributed by atoms with Crippen LogP contribution in [0.5, 0.6) is 0 Å². The highest BCUT2D eigenvalue weighted by Crippen LogP contribution is 2.20. The maximum Gasteiger partial charge on any atom is 0.264 e. The zero-order valence-electron chi connectivity index (χ0n) is 10.4. The second-order valence-electron chi connectivity index (χ2n) is 4.27. The second kappa shape index (κ2) is 5.65. The van der Waals surface area contributed by atoms with Crippen LogP contribution < -0.4 is 0 Å². The fourth-order valence-electron chi connectivity index (χ4n) is 1.99. The molecule has 2 heterocycles. The van der Waals surface area contributed by atoms with Crippen molar-refractivity contribution in [2.45, 2.75) is 32.8 Å². The van der Waals surface area contributed by atoms with Crippen LogP contribution in [0.15, 0.2) is 12.1 Å². The quantitative estimate of drug-likeness (QED) is 0.828. The van der Waals surface area contributed by atoms with Gasteiger partial charge < -0.3 is 9.64 Å². The Morgan fingerprint density at radius 3 is 3.00 bits per heavy atom. The number of carbonyl (C=O) groups excluding carboxylic acids is 1. The van der Waals surface area contributed by atoms with Gasteiger partial charge in [0.2, 0.25) is 0 Å². The van der Waals surface area contributed by atoms with Crippen LogP contribution in [0, 0.1) is 0 Å². The summed E-state index contributed by atoms with van der Waals surface area (Å²) in [4.78, 5) is 16.3. The van der Waals surface area contributed by atoms with Gasteiger partial charge in [-0.05, 0) is 25.0 Å². The summed E-state index contributed by atoms with van der Waals surface area (Å²) in [5, 5.41) is 0. The van der Waals surface area contributed by atoms with E-state index in [1.807, 2.05) is 11.0 Å². The van der Waals surface area contributed by atoms with Gasteiger partial charge in [-0.2, -0.15) is 0 Å². The third-order valence-electron chi connectivity index (χ3n) is 3.10. The van der Waals surface area contributed by atoms with Crippen LogP contribution in [0.3, 0.4) is 0 Å². The maximum atomic E-state index is 12.3. The number of ether oxygens (including phenoxy) is 1. The van der Waals surface area contributed by atoms with Gasteiger partial charge in [0, 0.05) is 18.0 Å². The topological polar surface area (TPSA) is 29.5 Å². The first kappa shape index (κ1) is 12.6. The van der Waals surface area contributed by atoms with E-state index in [0.717, 1.165) is 24.3 Å². The number of thiophene rings is 1. The second-order valence-corrected chi connectivity index (χ2v) is 5.44. The summed E-state index contributed by atoms with van der Waals surface area (Å²) in [6.07, 6.45) is 2.17. The minimum atomic E-state index is 0.163. The minimum Gasteiger partial charge on any atom is -0.375 e. The van der Waals surface area contributed by atoms with E-state index in [2.05, 4.69) is 19.9 Å². The van der Waals surface area contributed by atoms with Crippen molar-refractivity contribution in [3.63, 3.8) is 0 Å². The highest BCUT2D eigenvalue weighted by Gasteiger charge is 2.24. The molecule has 1 aliphatic heterocycles. The summed E-state index contributed by atoms with van der Waals surface area (Å²) in [5.41, 5.74) is 0. The zero-order valence-corrected chi connectivity index (χ0v) is 11.3. The lowest BCUT2D eigenvalue weighted by Crippen LogP contribution is -2.45. The van der Waals surface area contributed by atoms with Crippen molar-refractivity contribution >= 4 is 17.2 Å². The van der Waals surface area contributed by atoms with Crippen molar-refractivity contribution in [1.29, 1.82) is 0 Å². The van der Waals surface area contributed by atoms with Gasteiger partial charge in [-0.25, -0.2) is 0 Å². The van der Waals surface area contributed by atoms with Gasteiger partial charge in [0.05, 0.1) is 17.6 Å². The predicted octanol–water partition coefficient (Wildman–Crippen LogP) is 2.56. The molecule has 3 nitrogen and oxygen atoms in total. The molecule has 1 atom stereocenters. The molecule has 0 spiro atoms. The first-order valence-corrected chi connectivity index (χ1v) is 7.05. The Kier molecular flexibility index (Phi) is 4.18.